The summed E-state index contributed by atoms with van der Waals surface area (Å²) >= 11 is 0. The fourth-order valence-corrected chi connectivity index (χ4v) is 2.62. The van der Waals surface area contributed by atoms with Crippen LogP contribution in [0.1, 0.15) is 30.1 Å². The average Bonchev–Trinajstić information content (AvgIpc) is 2.46. The highest BCUT2D eigenvalue weighted by atomic mass is 35.5. The van der Waals surface area contributed by atoms with Gasteiger partial charge in [0.05, 0.1) is 0 Å². The second-order valence-electron chi connectivity index (χ2n) is 5.20. The maximum atomic E-state index is 12.4. The predicted octanol–water partition coefficient (Wildman–Crippen LogP) is 2.67. The number of nitrogens with zero attached hydrogens (tertiary/aromatic N) is 2. The van der Waals surface area contributed by atoms with Gasteiger partial charge in [0.25, 0.3) is 5.91 Å². The summed E-state index contributed by atoms with van der Waals surface area (Å²) in [6.07, 6.45) is 2.12. The number of nitrogens with two attached hydrogens (primary N) is 1. The number of benzene rings is 1. The Kier molecular flexibility index (Phi) is 8.71. The highest BCUT2D eigenvalue weighted by Crippen LogP contribution is 2.17. The van der Waals surface area contributed by atoms with Gasteiger partial charge in [-0.25, -0.2) is 0 Å². The largest absolute Gasteiger partial charge is 0.399 e. The normalized spacial score (nSPS) is 15.7. The van der Waals surface area contributed by atoms with E-state index < -0.39 is 0 Å². The van der Waals surface area contributed by atoms with Gasteiger partial charge in [0.15, 0.2) is 0 Å². The van der Waals surface area contributed by atoms with Crippen LogP contribution in [0.5, 0.6) is 0 Å². The standard InChI is InChI=1S/C15H23N3O.2ClH/c1-3-18-10-8-14(9-11-18)17(2)15(19)12-4-6-13(16)7-5-12;;/h4-7,14H,3,8-11,16H2,1-2H3;2*1H. The fraction of sp³-hybridized carbons (Fsp3) is 0.533. The van der Waals surface area contributed by atoms with E-state index in [0.29, 0.717) is 11.7 Å². The van der Waals surface area contributed by atoms with Crippen molar-refractivity contribution in [1.82, 2.24) is 9.80 Å². The molecular formula is C15H25Cl2N3O. The second-order valence-corrected chi connectivity index (χ2v) is 5.20. The third-order valence-electron chi connectivity index (χ3n) is 4.03. The van der Waals surface area contributed by atoms with Crippen molar-refractivity contribution in [3.63, 3.8) is 0 Å². The first-order chi connectivity index (χ1) is 9.11. The fourth-order valence-electron chi connectivity index (χ4n) is 2.62. The number of halogens is 2. The van der Waals surface area contributed by atoms with Crippen molar-refractivity contribution in [2.75, 3.05) is 32.4 Å². The van der Waals surface area contributed by atoms with E-state index in [9.17, 15) is 4.79 Å². The smallest absolute Gasteiger partial charge is 0.253 e. The van der Waals surface area contributed by atoms with E-state index in [0.717, 1.165) is 38.0 Å². The number of anilines is 1. The molecule has 1 aromatic rings. The lowest BCUT2D eigenvalue weighted by molar-refractivity contribution is 0.0647. The van der Waals surface area contributed by atoms with Crippen LogP contribution in [0.2, 0.25) is 0 Å². The molecule has 1 aliphatic heterocycles. The lowest BCUT2D eigenvalue weighted by Gasteiger charge is -2.36. The molecule has 120 valence electrons. The Hall–Kier alpha value is -0.970. The highest BCUT2D eigenvalue weighted by Gasteiger charge is 2.25. The van der Waals surface area contributed by atoms with Gasteiger partial charge in [-0.3, -0.25) is 4.79 Å². The van der Waals surface area contributed by atoms with Crippen LogP contribution in [0, 0.1) is 0 Å². The minimum Gasteiger partial charge on any atom is -0.399 e. The van der Waals surface area contributed by atoms with E-state index in [1.165, 1.54) is 0 Å². The van der Waals surface area contributed by atoms with Gasteiger partial charge in [-0.1, -0.05) is 6.92 Å². The van der Waals surface area contributed by atoms with E-state index >= 15 is 0 Å². The van der Waals surface area contributed by atoms with Crippen molar-refractivity contribution < 1.29 is 4.79 Å². The minimum atomic E-state index is 0. The molecule has 21 heavy (non-hydrogen) atoms. The summed E-state index contributed by atoms with van der Waals surface area (Å²) in [6, 6.07) is 7.51. The SMILES string of the molecule is CCN1CCC(N(C)C(=O)c2ccc(N)cc2)CC1.Cl.Cl. The first kappa shape index (κ1) is 20.0. The monoisotopic (exact) mass is 333 g/mol. The van der Waals surface area contributed by atoms with Crippen molar-refractivity contribution >= 4 is 36.4 Å². The Balaban J connectivity index is 0.00000200. The minimum absolute atomic E-state index is 0. The molecule has 0 saturated carbocycles. The van der Waals surface area contributed by atoms with Crippen molar-refractivity contribution in [2.24, 2.45) is 0 Å². The van der Waals surface area contributed by atoms with Crippen LogP contribution in [0.4, 0.5) is 5.69 Å². The molecule has 1 saturated heterocycles. The second kappa shape index (κ2) is 9.13. The van der Waals surface area contributed by atoms with Crippen molar-refractivity contribution in [2.45, 2.75) is 25.8 Å². The third-order valence-corrected chi connectivity index (χ3v) is 4.03. The molecule has 1 amide bonds. The number of hydrogen-bond donors (Lipinski definition) is 1. The van der Waals surface area contributed by atoms with Gasteiger partial charge >= 0.3 is 0 Å². The molecule has 4 nitrogen and oxygen atoms in total. The summed E-state index contributed by atoms with van der Waals surface area (Å²) in [7, 11) is 1.91. The Labute approximate surface area is 139 Å². The highest BCUT2D eigenvalue weighted by molar-refractivity contribution is 5.94. The average molecular weight is 334 g/mol. The van der Waals surface area contributed by atoms with Crippen molar-refractivity contribution in [3.05, 3.63) is 29.8 Å². The van der Waals surface area contributed by atoms with E-state index in [1.807, 2.05) is 11.9 Å². The number of amides is 1. The predicted molar refractivity (Wildman–Crippen MR) is 92.6 cm³/mol. The van der Waals surface area contributed by atoms with Crippen LogP contribution in [-0.4, -0.2) is 48.4 Å². The quantitative estimate of drug-likeness (QED) is 0.865. The van der Waals surface area contributed by atoms with Crippen LogP contribution >= 0.6 is 24.8 Å². The Morgan fingerprint density at radius 2 is 1.76 bits per heavy atom. The molecule has 2 N–H and O–H groups in total. The number of rotatable bonds is 3. The van der Waals surface area contributed by atoms with E-state index in [1.54, 1.807) is 24.3 Å². The van der Waals surface area contributed by atoms with Crippen molar-refractivity contribution in [3.8, 4) is 0 Å². The first-order valence-corrected chi connectivity index (χ1v) is 6.97. The zero-order valence-electron chi connectivity index (χ0n) is 12.6. The van der Waals surface area contributed by atoms with Gasteiger partial charge < -0.3 is 15.5 Å². The van der Waals surface area contributed by atoms with E-state index in [-0.39, 0.29) is 30.7 Å². The van der Waals surface area contributed by atoms with Crippen LogP contribution in [-0.2, 0) is 0 Å². The molecule has 2 rings (SSSR count). The summed E-state index contributed by atoms with van der Waals surface area (Å²) < 4.78 is 0. The lowest BCUT2D eigenvalue weighted by Crippen LogP contribution is -2.45. The van der Waals surface area contributed by atoms with E-state index in [2.05, 4.69) is 11.8 Å². The number of nitrogen functional groups attached to an aromatic ring is 1. The molecule has 0 unspecified atom stereocenters. The summed E-state index contributed by atoms with van der Waals surface area (Å²) in [5, 5.41) is 0. The maximum absolute atomic E-state index is 12.4. The molecule has 0 aliphatic carbocycles. The molecule has 1 aromatic carbocycles. The van der Waals surface area contributed by atoms with Crippen LogP contribution < -0.4 is 5.73 Å². The number of carbonyl (C=O) groups excluding carboxylic acids is 1. The molecule has 1 aliphatic rings. The van der Waals surface area contributed by atoms with Gasteiger partial charge in [0.2, 0.25) is 0 Å². The molecule has 0 atom stereocenters. The summed E-state index contributed by atoms with van der Waals surface area (Å²) in [5.74, 6) is 0.0925. The summed E-state index contributed by atoms with van der Waals surface area (Å²) in [5.41, 5.74) is 7.05. The molecule has 6 heteroatoms. The van der Waals surface area contributed by atoms with Crippen LogP contribution in [0.15, 0.2) is 24.3 Å². The maximum Gasteiger partial charge on any atom is 0.253 e. The first-order valence-electron chi connectivity index (χ1n) is 6.97. The number of likely N-dealkylation sites (tertiary alicyclic amines) is 1. The van der Waals surface area contributed by atoms with Gasteiger partial charge in [-0.15, -0.1) is 24.8 Å². The summed E-state index contributed by atoms with van der Waals surface area (Å²) in [4.78, 5) is 16.7. The summed E-state index contributed by atoms with van der Waals surface area (Å²) in [6.45, 7) is 5.45. The van der Waals surface area contributed by atoms with Crippen LogP contribution in [0.3, 0.4) is 0 Å². The number of hydrogen-bond acceptors (Lipinski definition) is 3. The topological polar surface area (TPSA) is 49.6 Å². The zero-order valence-corrected chi connectivity index (χ0v) is 14.3. The van der Waals surface area contributed by atoms with Crippen LogP contribution in [0.25, 0.3) is 0 Å². The van der Waals surface area contributed by atoms with Gasteiger partial charge in [-0.05, 0) is 43.7 Å². The van der Waals surface area contributed by atoms with Gasteiger partial charge in [-0.2, -0.15) is 0 Å². The molecule has 1 heterocycles. The molecule has 0 radical (unpaired) electrons. The Morgan fingerprint density at radius 1 is 1.24 bits per heavy atom. The third kappa shape index (κ3) is 5.06. The number of carbonyl (C=O) groups is 1. The Morgan fingerprint density at radius 3 is 2.24 bits per heavy atom. The lowest BCUT2D eigenvalue weighted by atomic mass is 10.0. The van der Waals surface area contributed by atoms with E-state index in [4.69, 9.17) is 5.73 Å². The molecular weight excluding hydrogens is 309 g/mol. The van der Waals surface area contributed by atoms with Crippen molar-refractivity contribution in [1.29, 1.82) is 0 Å². The molecule has 0 bridgehead atoms. The number of piperidine rings is 1. The molecule has 0 aromatic heterocycles. The van der Waals surface area contributed by atoms with Gasteiger partial charge in [0, 0.05) is 37.4 Å². The molecule has 1 fully saturated rings. The zero-order chi connectivity index (χ0) is 13.8. The molecule has 0 spiro atoms. The Bertz CT molecular complexity index is 431. The van der Waals surface area contributed by atoms with Gasteiger partial charge in [0.1, 0.15) is 0 Å².